The van der Waals surface area contributed by atoms with Crippen molar-refractivity contribution in [1.29, 1.82) is 0 Å². The standard InChI is InChI=1S/C15H16N2O3S2.ClH/c18-15(17-10-8-16-9-11-17)13-6-7-14(21-13)22(19,20)12-4-2-1-3-5-12;/h1-7,16H,8-11H2;1H. The van der Waals surface area contributed by atoms with E-state index in [1.807, 2.05) is 0 Å². The maximum atomic E-state index is 12.5. The molecule has 1 aliphatic rings. The van der Waals surface area contributed by atoms with Gasteiger partial charge in [-0.1, -0.05) is 18.2 Å². The number of halogens is 1. The van der Waals surface area contributed by atoms with E-state index in [1.165, 1.54) is 6.07 Å². The molecule has 124 valence electrons. The average molecular weight is 373 g/mol. The van der Waals surface area contributed by atoms with Gasteiger partial charge in [-0.3, -0.25) is 4.79 Å². The third-order valence-electron chi connectivity index (χ3n) is 3.51. The molecule has 5 nitrogen and oxygen atoms in total. The quantitative estimate of drug-likeness (QED) is 0.895. The van der Waals surface area contributed by atoms with Crippen molar-refractivity contribution in [3.05, 3.63) is 47.3 Å². The zero-order chi connectivity index (χ0) is 15.6. The zero-order valence-corrected chi connectivity index (χ0v) is 14.7. The molecule has 1 fully saturated rings. The number of nitrogens with zero attached hydrogens (tertiary/aromatic N) is 1. The molecule has 2 aromatic rings. The summed E-state index contributed by atoms with van der Waals surface area (Å²) in [4.78, 5) is 14.9. The van der Waals surface area contributed by atoms with E-state index in [0.29, 0.717) is 18.0 Å². The van der Waals surface area contributed by atoms with Gasteiger partial charge in [-0.15, -0.1) is 23.7 Å². The van der Waals surface area contributed by atoms with Crippen molar-refractivity contribution in [2.45, 2.75) is 9.10 Å². The Bertz CT molecular complexity index is 769. The van der Waals surface area contributed by atoms with E-state index in [-0.39, 0.29) is 27.4 Å². The maximum Gasteiger partial charge on any atom is 0.264 e. The fourth-order valence-corrected chi connectivity index (χ4v) is 5.02. The molecule has 1 saturated heterocycles. The van der Waals surface area contributed by atoms with Gasteiger partial charge >= 0.3 is 0 Å². The summed E-state index contributed by atoms with van der Waals surface area (Å²) >= 11 is 1.04. The molecule has 1 amide bonds. The molecule has 1 N–H and O–H groups in total. The van der Waals surface area contributed by atoms with Gasteiger partial charge in [0.2, 0.25) is 9.84 Å². The minimum absolute atomic E-state index is 0. The molecule has 8 heteroatoms. The van der Waals surface area contributed by atoms with Crippen molar-refractivity contribution in [2.75, 3.05) is 26.2 Å². The van der Waals surface area contributed by atoms with E-state index < -0.39 is 9.84 Å². The Balaban J connectivity index is 0.00000192. The Hall–Kier alpha value is -1.41. The Morgan fingerprint density at radius 1 is 1.04 bits per heavy atom. The van der Waals surface area contributed by atoms with Crippen LogP contribution in [-0.4, -0.2) is 45.4 Å². The van der Waals surface area contributed by atoms with E-state index >= 15 is 0 Å². The van der Waals surface area contributed by atoms with Gasteiger partial charge in [0, 0.05) is 26.2 Å². The summed E-state index contributed by atoms with van der Waals surface area (Å²) in [6.07, 6.45) is 0. The molecule has 1 aromatic carbocycles. The van der Waals surface area contributed by atoms with Crippen LogP contribution in [-0.2, 0) is 9.84 Å². The third-order valence-corrected chi connectivity index (χ3v) is 6.85. The predicted octanol–water partition coefficient (Wildman–Crippen LogP) is 2.05. The molecule has 0 bridgehead atoms. The van der Waals surface area contributed by atoms with Crippen molar-refractivity contribution >= 4 is 39.5 Å². The van der Waals surface area contributed by atoms with Crippen molar-refractivity contribution < 1.29 is 13.2 Å². The number of hydrogen-bond donors (Lipinski definition) is 1. The molecule has 23 heavy (non-hydrogen) atoms. The van der Waals surface area contributed by atoms with Gasteiger partial charge in [-0.2, -0.15) is 0 Å². The van der Waals surface area contributed by atoms with Crippen LogP contribution in [0.25, 0.3) is 0 Å². The Morgan fingerprint density at radius 2 is 1.70 bits per heavy atom. The van der Waals surface area contributed by atoms with Gasteiger partial charge in [0.1, 0.15) is 4.21 Å². The number of sulfone groups is 1. The van der Waals surface area contributed by atoms with E-state index in [2.05, 4.69) is 5.32 Å². The zero-order valence-electron chi connectivity index (χ0n) is 12.3. The molecule has 0 radical (unpaired) electrons. The predicted molar refractivity (Wildman–Crippen MR) is 92.2 cm³/mol. The van der Waals surface area contributed by atoms with Crippen LogP contribution < -0.4 is 5.32 Å². The molecule has 0 spiro atoms. The molecule has 0 saturated carbocycles. The second kappa shape index (κ2) is 7.44. The molecular formula is C15H17ClN2O3S2. The number of nitrogens with one attached hydrogen (secondary N) is 1. The largest absolute Gasteiger partial charge is 0.335 e. The normalized spacial score (nSPS) is 15.0. The van der Waals surface area contributed by atoms with Crippen LogP contribution in [0, 0.1) is 0 Å². The highest BCUT2D eigenvalue weighted by atomic mass is 35.5. The van der Waals surface area contributed by atoms with Gasteiger partial charge in [0.05, 0.1) is 9.77 Å². The number of amides is 1. The van der Waals surface area contributed by atoms with E-state index in [4.69, 9.17) is 0 Å². The van der Waals surface area contributed by atoms with Crippen LogP contribution >= 0.6 is 23.7 Å². The summed E-state index contributed by atoms with van der Waals surface area (Å²) in [7, 11) is -3.55. The summed E-state index contributed by atoms with van der Waals surface area (Å²) < 4.78 is 25.2. The summed E-state index contributed by atoms with van der Waals surface area (Å²) in [5, 5.41) is 3.19. The van der Waals surface area contributed by atoms with Crippen molar-refractivity contribution in [3.8, 4) is 0 Å². The second-order valence-corrected chi connectivity index (χ2v) is 8.24. The van der Waals surface area contributed by atoms with Crippen LogP contribution in [0.5, 0.6) is 0 Å². The highest BCUT2D eigenvalue weighted by Crippen LogP contribution is 2.28. The highest BCUT2D eigenvalue weighted by Gasteiger charge is 2.24. The first-order valence-electron chi connectivity index (χ1n) is 6.99. The molecule has 1 aromatic heterocycles. The topological polar surface area (TPSA) is 66.5 Å². The number of thiophene rings is 1. The summed E-state index contributed by atoms with van der Waals surface area (Å²) in [5.41, 5.74) is 0. The fraction of sp³-hybridized carbons (Fsp3) is 0.267. The molecule has 0 atom stereocenters. The molecule has 1 aliphatic heterocycles. The number of carbonyl (C=O) groups is 1. The molecule has 3 rings (SSSR count). The Morgan fingerprint density at radius 3 is 2.35 bits per heavy atom. The minimum Gasteiger partial charge on any atom is -0.335 e. The van der Waals surface area contributed by atoms with Crippen molar-refractivity contribution in [3.63, 3.8) is 0 Å². The van der Waals surface area contributed by atoms with Gasteiger partial charge < -0.3 is 10.2 Å². The number of carbonyl (C=O) groups excluding carboxylic acids is 1. The average Bonchev–Trinajstić information content (AvgIpc) is 3.06. The lowest BCUT2D eigenvalue weighted by Crippen LogP contribution is -2.46. The van der Waals surface area contributed by atoms with Crippen LogP contribution in [0.3, 0.4) is 0 Å². The lowest BCUT2D eigenvalue weighted by molar-refractivity contribution is 0.0740. The second-order valence-electron chi connectivity index (χ2n) is 4.98. The van der Waals surface area contributed by atoms with Gasteiger partial charge in [-0.25, -0.2) is 8.42 Å². The smallest absolute Gasteiger partial charge is 0.264 e. The summed E-state index contributed by atoms with van der Waals surface area (Å²) in [6.45, 7) is 2.84. The maximum absolute atomic E-state index is 12.5. The number of hydrogen-bond acceptors (Lipinski definition) is 5. The fourth-order valence-electron chi connectivity index (χ4n) is 2.32. The van der Waals surface area contributed by atoms with Gasteiger partial charge in [0.25, 0.3) is 5.91 Å². The molecule has 0 unspecified atom stereocenters. The first-order valence-corrected chi connectivity index (χ1v) is 9.29. The first kappa shape index (κ1) is 17.9. The van der Waals surface area contributed by atoms with E-state index in [9.17, 15) is 13.2 Å². The van der Waals surface area contributed by atoms with Crippen LogP contribution in [0.1, 0.15) is 9.67 Å². The monoisotopic (exact) mass is 372 g/mol. The highest BCUT2D eigenvalue weighted by molar-refractivity contribution is 7.93. The third kappa shape index (κ3) is 3.74. The summed E-state index contributed by atoms with van der Waals surface area (Å²) in [6, 6.07) is 11.4. The van der Waals surface area contributed by atoms with Crippen LogP contribution in [0.2, 0.25) is 0 Å². The van der Waals surface area contributed by atoms with Crippen molar-refractivity contribution in [2.24, 2.45) is 0 Å². The Kier molecular flexibility index (Phi) is 5.80. The SMILES string of the molecule is Cl.O=C(c1ccc(S(=O)(=O)c2ccccc2)s1)N1CCNCC1. The van der Waals surface area contributed by atoms with Crippen LogP contribution in [0.4, 0.5) is 0 Å². The molecule has 2 heterocycles. The van der Waals surface area contributed by atoms with E-state index in [1.54, 1.807) is 41.3 Å². The van der Waals surface area contributed by atoms with Crippen LogP contribution in [0.15, 0.2) is 51.6 Å². The lowest BCUT2D eigenvalue weighted by Gasteiger charge is -2.26. The van der Waals surface area contributed by atoms with Gasteiger partial charge in [-0.05, 0) is 24.3 Å². The molecule has 0 aliphatic carbocycles. The summed E-state index contributed by atoms with van der Waals surface area (Å²) in [5.74, 6) is -0.0963. The number of benzene rings is 1. The van der Waals surface area contributed by atoms with E-state index in [0.717, 1.165) is 24.4 Å². The lowest BCUT2D eigenvalue weighted by atomic mass is 10.3. The Labute approximate surface area is 145 Å². The number of rotatable bonds is 3. The van der Waals surface area contributed by atoms with Gasteiger partial charge in [0.15, 0.2) is 0 Å². The molecular weight excluding hydrogens is 356 g/mol. The number of piperazine rings is 1. The minimum atomic E-state index is -3.55. The van der Waals surface area contributed by atoms with Crippen molar-refractivity contribution in [1.82, 2.24) is 10.2 Å². The first-order chi connectivity index (χ1) is 10.6.